The van der Waals surface area contributed by atoms with Gasteiger partial charge in [0.05, 0.1) is 9.71 Å². The highest BCUT2D eigenvalue weighted by molar-refractivity contribution is 7.18. The van der Waals surface area contributed by atoms with Gasteiger partial charge in [0.2, 0.25) is 0 Å². The SMILES string of the molecule is Cc1nc2nc(C(C)(C)C)ccc2s1. The quantitative estimate of drug-likeness (QED) is 0.661. The van der Waals surface area contributed by atoms with Crippen LogP contribution in [-0.2, 0) is 5.41 Å². The number of hydrogen-bond donors (Lipinski definition) is 0. The lowest BCUT2D eigenvalue weighted by Gasteiger charge is -2.16. The molecular weight excluding hydrogens is 192 g/mol. The molecule has 3 heteroatoms. The molecule has 0 atom stereocenters. The first kappa shape index (κ1) is 9.59. The van der Waals surface area contributed by atoms with Crippen molar-refractivity contribution in [1.29, 1.82) is 0 Å². The van der Waals surface area contributed by atoms with Crippen LogP contribution in [0.5, 0.6) is 0 Å². The number of rotatable bonds is 0. The molecule has 0 N–H and O–H groups in total. The zero-order valence-electron chi connectivity index (χ0n) is 8.96. The van der Waals surface area contributed by atoms with Gasteiger partial charge in [0.15, 0.2) is 5.65 Å². The molecule has 14 heavy (non-hydrogen) atoms. The van der Waals surface area contributed by atoms with Gasteiger partial charge >= 0.3 is 0 Å². The number of aromatic nitrogens is 2. The van der Waals surface area contributed by atoms with Crippen LogP contribution >= 0.6 is 11.3 Å². The Morgan fingerprint density at radius 2 is 1.86 bits per heavy atom. The maximum atomic E-state index is 4.57. The van der Waals surface area contributed by atoms with Gasteiger partial charge in [0.25, 0.3) is 0 Å². The highest BCUT2D eigenvalue weighted by Gasteiger charge is 2.16. The molecule has 0 spiro atoms. The van der Waals surface area contributed by atoms with Crippen LogP contribution in [0.4, 0.5) is 0 Å². The molecule has 0 aliphatic heterocycles. The number of hydrogen-bond acceptors (Lipinski definition) is 3. The molecular formula is C11H14N2S. The topological polar surface area (TPSA) is 25.8 Å². The second kappa shape index (κ2) is 3.02. The van der Waals surface area contributed by atoms with Crippen molar-refractivity contribution < 1.29 is 0 Å². The summed E-state index contributed by atoms with van der Waals surface area (Å²) in [5.74, 6) is 0. The molecule has 2 aromatic rings. The summed E-state index contributed by atoms with van der Waals surface area (Å²) in [6.45, 7) is 8.52. The predicted octanol–water partition coefficient (Wildman–Crippen LogP) is 3.30. The van der Waals surface area contributed by atoms with Crippen molar-refractivity contribution in [3.8, 4) is 0 Å². The highest BCUT2D eigenvalue weighted by atomic mass is 32.1. The zero-order chi connectivity index (χ0) is 10.3. The smallest absolute Gasteiger partial charge is 0.170 e. The molecule has 0 aliphatic rings. The molecule has 0 fully saturated rings. The number of fused-ring (bicyclic) bond motifs is 1. The summed E-state index contributed by atoms with van der Waals surface area (Å²) in [6.07, 6.45) is 0. The summed E-state index contributed by atoms with van der Waals surface area (Å²) < 4.78 is 1.18. The summed E-state index contributed by atoms with van der Waals surface area (Å²) >= 11 is 1.70. The van der Waals surface area contributed by atoms with E-state index in [2.05, 4.69) is 42.9 Å². The van der Waals surface area contributed by atoms with Crippen LogP contribution in [0.15, 0.2) is 12.1 Å². The maximum absolute atomic E-state index is 4.57. The zero-order valence-corrected chi connectivity index (χ0v) is 9.77. The summed E-state index contributed by atoms with van der Waals surface area (Å²) in [6, 6.07) is 4.22. The molecule has 0 saturated carbocycles. The van der Waals surface area contributed by atoms with E-state index in [-0.39, 0.29) is 5.41 Å². The number of pyridine rings is 1. The van der Waals surface area contributed by atoms with Gasteiger partial charge in [-0.25, -0.2) is 9.97 Å². The van der Waals surface area contributed by atoms with E-state index in [0.29, 0.717) is 0 Å². The third kappa shape index (κ3) is 1.64. The summed E-state index contributed by atoms with van der Waals surface area (Å²) in [7, 11) is 0. The molecule has 0 aliphatic carbocycles. The monoisotopic (exact) mass is 206 g/mol. The van der Waals surface area contributed by atoms with E-state index in [0.717, 1.165) is 16.3 Å². The van der Waals surface area contributed by atoms with Crippen LogP contribution in [0.1, 0.15) is 31.5 Å². The third-order valence-electron chi connectivity index (χ3n) is 2.13. The van der Waals surface area contributed by atoms with E-state index in [1.807, 2.05) is 6.92 Å². The van der Waals surface area contributed by atoms with Crippen LogP contribution in [0.2, 0.25) is 0 Å². The van der Waals surface area contributed by atoms with Gasteiger partial charge in [-0.2, -0.15) is 0 Å². The molecule has 74 valence electrons. The molecule has 2 rings (SSSR count). The lowest BCUT2D eigenvalue weighted by molar-refractivity contribution is 0.571. The third-order valence-corrected chi connectivity index (χ3v) is 3.05. The molecule has 2 nitrogen and oxygen atoms in total. The van der Waals surface area contributed by atoms with Gasteiger partial charge in [-0.05, 0) is 19.1 Å². The van der Waals surface area contributed by atoms with Crippen molar-refractivity contribution in [3.63, 3.8) is 0 Å². The molecule has 0 radical (unpaired) electrons. The van der Waals surface area contributed by atoms with E-state index in [1.165, 1.54) is 4.70 Å². The van der Waals surface area contributed by atoms with Gasteiger partial charge in [0, 0.05) is 11.1 Å². The fraction of sp³-hybridized carbons (Fsp3) is 0.455. The highest BCUT2D eigenvalue weighted by Crippen LogP contribution is 2.25. The second-order valence-corrected chi connectivity index (χ2v) is 5.74. The van der Waals surface area contributed by atoms with Crippen molar-refractivity contribution >= 4 is 21.7 Å². The minimum Gasteiger partial charge on any atom is -0.232 e. The first-order valence-electron chi connectivity index (χ1n) is 4.71. The van der Waals surface area contributed by atoms with Gasteiger partial charge in [0.1, 0.15) is 0 Å². The van der Waals surface area contributed by atoms with Crippen molar-refractivity contribution in [2.45, 2.75) is 33.1 Å². The molecule has 0 amide bonds. The Labute approximate surface area is 88.0 Å². The van der Waals surface area contributed by atoms with E-state index in [9.17, 15) is 0 Å². The number of nitrogens with zero attached hydrogens (tertiary/aromatic N) is 2. The normalized spacial score (nSPS) is 12.3. The van der Waals surface area contributed by atoms with Gasteiger partial charge in [-0.1, -0.05) is 20.8 Å². The molecule has 0 bridgehead atoms. The standard InChI is InChI=1S/C11H14N2S/c1-7-12-10-8(14-7)5-6-9(13-10)11(2,3)4/h5-6H,1-4H3. The van der Waals surface area contributed by atoms with E-state index in [4.69, 9.17) is 0 Å². The Kier molecular flexibility index (Phi) is 2.07. The van der Waals surface area contributed by atoms with Crippen LogP contribution in [-0.4, -0.2) is 9.97 Å². The second-order valence-electron chi connectivity index (χ2n) is 4.50. The van der Waals surface area contributed by atoms with Crippen LogP contribution < -0.4 is 0 Å². The first-order valence-corrected chi connectivity index (χ1v) is 5.53. The Morgan fingerprint density at radius 3 is 2.50 bits per heavy atom. The van der Waals surface area contributed by atoms with E-state index < -0.39 is 0 Å². The average Bonchev–Trinajstić information content (AvgIpc) is 2.41. The average molecular weight is 206 g/mol. The largest absolute Gasteiger partial charge is 0.232 e. The minimum absolute atomic E-state index is 0.103. The molecule has 2 heterocycles. The van der Waals surface area contributed by atoms with Crippen LogP contribution in [0, 0.1) is 6.92 Å². The van der Waals surface area contributed by atoms with Crippen LogP contribution in [0.25, 0.3) is 10.3 Å². The lowest BCUT2D eigenvalue weighted by Crippen LogP contribution is -2.13. The van der Waals surface area contributed by atoms with Crippen molar-refractivity contribution in [1.82, 2.24) is 9.97 Å². The lowest BCUT2D eigenvalue weighted by atomic mass is 9.92. The van der Waals surface area contributed by atoms with E-state index >= 15 is 0 Å². The Balaban J connectivity index is 2.62. The van der Waals surface area contributed by atoms with Gasteiger partial charge < -0.3 is 0 Å². The Morgan fingerprint density at radius 1 is 1.14 bits per heavy atom. The van der Waals surface area contributed by atoms with Gasteiger partial charge in [-0.15, -0.1) is 11.3 Å². The number of aryl methyl sites for hydroxylation is 1. The van der Waals surface area contributed by atoms with Crippen molar-refractivity contribution in [2.24, 2.45) is 0 Å². The fourth-order valence-electron chi connectivity index (χ4n) is 1.34. The summed E-state index contributed by atoms with van der Waals surface area (Å²) in [4.78, 5) is 8.96. The van der Waals surface area contributed by atoms with E-state index in [1.54, 1.807) is 11.3 Å². The Hall–Kier alpha value is -0.960. The summed E-state index contributed by atoms with van der Waals surface area (Å²) in [5.41, 5.74) is 2.10. The molecule has 0 unspecified atom stereocenters. The number of thiazole rings is 1. The predicted molar refractivity (Wildman–Crippen MR) is 60.9 cm³/mol. The Bertz CT molecular complexity index is 466. The molecule has 0 aromatic carbocycles. The fourth-order valence-corrected chi connectivity index (χ4v) is 2.11. The van der Waals surface area contributed by atoms with Crippen LogP contribution in [0.3, 0.4) is 0 Å². The van der Waals surface area contributed by atoms with Gasteiger partial charge in [-0.3, -0.25) is 0 Å². The maximum Gasteiger partial charge on any atom is 0.170 e. The van der Waals surface area contributed by atoms with Crippen molar-refractivity contribution in [3.05, 3.63) is 22.8 Å². The molecule has 2 aromatic heterocycles. The van der Waals surface area contributed by atoms with Crippen molar-refractivity contribution in [2.75, 3.05) is 0 Å². The minimum atomic E-state index is 0.103. The summed E-state index contributed by atoms with van der Waals surface area (Å²) in [5, 5.41) is 1.08. The first-order chi connectivity index (χ1) is 6.47. The molecule has 0 saturated heterocycles.